The van der Waals surface area contributed by atoms with E-state index in [1.807, 2.05) is 73.4 Å². The second-order valence-electron chi connectivity index (χ2n) is 6.86. The van der Waals surface area contributed by atoms with E-state index in [1.165, 1.54) is 11.8 Å². The molecule has 1 heterocycles. The lowest BCUT2D eigenvalue weighted by molar-refractivity contribution is -0.113. The third-order valence-corrected chi connectivity index (χ3v) is 6.48. The Balaban J connectivity index is 1.79. The number of halogens is 1. The molecule has 0 aliphatic carbocycles. The van der Waals surface area contributed by atoms with Crippen molar-refractivity contribution in [1.29, 1.82) is 0 Å². The summed E-state index contributed by atoms with van der Waals surface area (Å²) in [5.41, 5.74) is 1.69. The Morgan fingerprint density at radius 1 is 1.20 bits per heavy atom. The molecule has 0 aliphatic rings. The molecule has 30 heavy (non-hydrogen) atoms. The van der Waals surface area contributed by atoms with Gasteiger partial charge in [0.2, 0.25) is 5.91 Å². The first-order valence-electron chi connectivity index (χ1n) is 9.33. The molecule has 0 bridgehead atoms. The fourth-order valence-electron chi connectivity index (χ4n) is 2.74. The predicted molar refractivity (Wildman–Crippen MR) is 126 cm³/mol. The maximum absolute atomic E-state index is 12.5. The highest BCUT2D eigenvalue weighted by Gasteiger charge is 2.21. The van der Waals surface area contributed by atoms with Crippen LogP contribution in [0.2, 0.25) is 5.02 Å². The first-order valence-corrected chi connectivity index (χ1v) is 11.9. The fourth-order valence-corrected chi connectivity index (χ4v) is 4.08. The lowest BCUT2D eigenvalue weighted by Crippen LogP contribution is -2.21. The van der Waals surface area contributed by atoms with Crippen LogP contribution in [-0.4, -0.2) is 51.7 Å². The van der Waals surface area contributed by atoms with Crippen LogP contribution < -0.4 is 5.32 Å². The number of thioether (sulfide) groups is 2. The first-order chi connectivity index (χ1) is 14.4. The van der Waals surface area contributed by atoms with Gasteiger partial charge in [-0.2, -0.15) is 0 Å². The van der Waals surface area contributed by atoms with Crippen LogP contribution in [0.4, 0.5) is 5.69 Å². The van der Waals surface area contributed by atoms with E-state index < -0.39 is 0 Å². The Kier molecular flexibility index (Phi) is 7.82. The van der Waals surface area contributed by atoms with Crippen LogP contribution in [0.5, 0.6) is 0 Å². The van der Waals surface area contributed by atoms with E-state index in [2.05, 4.69) is 27.3 Å². The highest BCUT2D eigenvalue weighted by Crippen LogP contribution is 2.28. The lowest BCUT2D eigenvalue weighted by atomic mass is 10.2. The van der Waals surface area contributed by atoms with Crippen LogP contribution in [-0.2, 0) is 4.79 Å². The molecule has 3 rings (SSSR count). The maximum Gasteiger partial charge on any atom is 0.234 e. The Morgan fingerprint density at radius 3 is 2.60 bits per heavy atom. The van der Waals surface area contributed by atoms with Crippen molar-refractivity contribution in [2.24, 2.45) is 0 Å². The van der Waals surface area contributed by atoms with Crippen LogP contribution >= 0.6 is 35.1 Å². The SMILES string of the molecule is CSc1cccc(NC(=O)CSc2nnc(C(C)N(C)C)n2-c2ccc(Cl)cc2)c1. The third kappa shape index (κ3) is 5.57. The summed E-state index contributed by atoms with van der Waals surface area (Å²) in [6.07, 6.45) is 2.01. The van der Waals surface area contributed by atoms with Crippen molar-refractivity contribution in [3.05, 3.63) is 59.4 Å². The summed E-state index contributed by atoms with van der Waals surface area (Å²) in [7, 11) is 3.99. The van der Waals surface area contributed by atoms with Crippen molar-refractivity contribution in [2.45, 2.75) is 23.0 Å². The van der Waals surface area contributed by atoms with E-state index in [0.717, 1.165) is 22.1 Å². The summed E-state index contributed by atoms with van der Waals surface area (Å²) in [6, 6.07) is 15.4. The van der Waals surface area contributed by atoms with E-state index in [9.17, 15) is 4.79 Å². The standard InChI is InChI=1S/C21H24ClN5OS2/c1-14(26(2)3)20-24-25-21(27(20)17-10-8-15(22)9-11-17)30-13-19(28)23-16-6-5-7-18(12-16)29-4/h5-12,14H,13H2,1-4H3,(H,23,28). The van der Waals surface area contributed by atoms with E-state index in [-0.39, 0.29) is 17.7 Å². The van der Waals surface area contributed by atoms with Gasteiger partial charge in [0.25, 0.3) is 0 Å². The van der Waals surface area contributed by atoms with Crippen LogP contribution in [0.1, 0.15) is 18.8 Å². The molecule has 0 saturated heterocycles. The molecular weight excluding hydrogens is 438 g/mol. The molecular formula is C21H24ClN5OS2. The van der Waals surface area contributed by atoms with Gasteiger partial charge in [0.1, 0.15) is 0 Å². The van der Waals surface area contributed by atoms with Crippen molar-refractivity contribution in [3.8, 4) is 5.69 Å². The molecule has 1 aromatic heterocycles. The number of aromatic nitrogens is 3. The second-order valence-corrected chi connectivity index (χ2v) is 9.12. The molecule has 1 unspecified atom stereocenters. The van der Waals surface area contributed by atoms with E-state index >= 15 is 0 Å². The maximum atomic E-state index is 12.5. The van der Waals surface area contributed by atoms with E-state index in [0.29, 0.717) is 10.2 Å². The van der Waals surface area contributed by atoms with Crippen LogP contribution in [0, 0.1) is 0 Å². The zero-order chi connectivity index (χ0) is 21.7. The van der Waals surface area contributed by atoms with E-state index in [4.69, 9.17) is 11.6 Å². The molecule has 9 heteroatoms. The van der Waals surface area contributed by atoms with Gasteiger partial charge in [0.05, 0.1) is 11.8 Å². The van der Waals surface area contributed by atoms with Gasteiger partial charge in [0, 0.05) is 21.3 Å². The summed E-state index contributed by atoms with van der Waals surface area (Å²) < 4.78 is 1.98. The summed E-state index contributed by atoms with van der Waals surface area (Å²) >= 11 is 9.05. The van der Waals surface area contributed by atoms with Gasteiger partial charge in [-0.1, -0.05) is 29.4 Å². The summed E-state index contributed by atoms with van der Waals surface area (Å²) in [6.45, 7) is 2.07. The number of carbonyl (C=O) groups excluding carboxylic acids is 1. The van der Waals surface area contributed by atoms with Crippen molar-refractivity contribution >= 4 is 46.7 Å². The molecule has 1 N–H and O–H groups in total. The quantitative estimate of drug-likeness (QED) is 0.476. The lowest BCUT2D eigenvalue weighted by Gasteiger charge is -2.20. The van der Waals surface area contributed by atoms with Gasteiger partial charge in [-0.15, -0.1) is 22.0 Å². The van der Waals surface area contributed by atoms with Crippen molar-refractivity contribution in [2.75, 3.05) is 31.4 Å². The molecule has 0 aliphatic heterocycles. The number of amides is 1. The van der Waals surface area contributed by atoms with Gasteiger partial charge < -0.3 is 5.32 Å². The minimum Gasteiger partial charge on any atom is -0.325 e. The molecule has 0 radical (unpaired) electrons. The topological polar surface area (TPSA) is 63.1 Å². The number of anilines is 1. The number of hydrogen-bond acceptors (Lipinski definition) is 6. The average molecular weight is 462 g/mol. The fraction of sp³-hybridized carbons (Fsp3) is 0.286. The zero-order valence-corrected chi connectivity index (χ0v) is 19.7. The van der Waals surface area contributed by atoms with Crippen molar-refractivity contribution in [3.63, 3.8) is 0 Å². The largest absolute Gasteiger partial charge is 0.325 e. The highest BCUT2D eigenvalue weighted by molar-refractivity contribution is 7.99. The molecule has 2 aromatic carbocycles. The molecule has 0 fully saturated rings. The number of hydrogen-bond donors (Lipinski definition) is 1. The van der Waals surface area contributed by atoms with Crippen molar-refractivity contribution in [1.82, 2.24) is 19.7 Å². The van der Waals surface area contributed by atoms with Gasteiger partial charge >= 0.3 is 0 Å². The first kappa shape index (κ1) is 22.7. The van der Waals surface area contributed by atoms with Gasteiger partial charge in [-0.25, -0.2) is 0 Å². The summed E-state index contributed by atoms with van der Waals surface area (Å²) in [5.74, 6) is 0.940. The van der Waals surface area contributed by atoms with Gasteiger partial charge in [-0.3, -0.25) is 14.3 Å². The van der Waals surface area contributed by atoms with Crippen LogP contribution in [0.25, 0.3) is 5.69 Å². The molecule has 1 atom stereocenters. The molecule has 3 aromatic rings. The number of nitrogens with one attached hydrogen (secondary N) is 1. The smallest absolute Gasteiger partial charge is 0.234 e. The summed E-state index contributed by atoms with van der Waals surface area (Å²) in [5, 5.41) is 13.0. The normalized spacial score (nSPS) is 12.2. The molecule has 1 amide bonds. The number of benzene rings is 2. The molecule has 6 nitrogen and oxygen atoms in total. The Labute approximate surface area is 190 Å². The Morgan fingerprint density at radius 2 is 1.93 bits per heavy atom. The predicted octanol–water partition coefficient (Wildman–Crippen LogP) is 5.00. The molecule has 0 spiro atoms. The Bertz CT molecular complexity index is 1010. The zero-order valence-electron chi connectivity index (χ0n) is 17.3. The van der Waals surface area contributed by atoms with Crippen LogP contribution in [0.15, 0.2) is 58.6 Å². The summed E-state index contributed by atoms with van der Waals surface area (Å²) in [4.78, 5) is 15.7. The second kappa shape index (κ2) is 10.3. The van der Waals surface area contributed by atoms with Gasteiger partial charge in [0.15, 0.2) is 11.0 Å². The number of nitrogens with zero attached hydrogens (tertiary/aromatic N) is 4. The number of rotatable bonds is 8. The average Bonchev–Trinajstić information content (AvgIpc) is 3.16. The monoisotopic (exact) mass is 461 g/mol. The third-order valence-electron chi connectivity index (χ3n) is 4.58. The van der Waals surface area contributed by atoms with Crippen molar-refractivity contribution < 1.29 is 4.79 Å². The van der Waals surface area contributed by atoms with Crippen LogP contribution in [0.3, 0.4) is 0 Å². The minimum absolute atomic E-state index is 0.0469. The Hall–Kier alpha value is -2.00. The van der Waals surface area contributed by atoms with Gasteiger partial charge in [-0.05, 0) is 69.7 Å². The molecule has 0 saturated carbocycles. The minimum atomic E-state index is -0.0916. The number of carbonyl (C=O) groups is 1. The van der Waals surface area contributed by atoms with E-state index in [1.54, 1.807) is 11.8 Å². The highest BCUT2D eigenvalue weighted by atomic mass is 35.5. The molecule has 158 valence electrons.